The van der Waals surface area contributed by atoms with Crippen LogP contribution in [0.4, 0.5) is 0 Å². The van der Waals surface area contributed by atoms with Crippen LogP contribution in [0.5, 0.6) is 0 Å². The molecular formula is C21H38BrNSe. The predicted octanol–water partition coefficient (Wildman–Crippen LogP) is 7.45. The van der Waals surface area contributed by atoms with E-state index in [2.05, 4.69) is 32.8 Å². The van der Waals surface area contributed by atoms with Crippen LogP contribution >= 0.6 is 15.9 Å². The Labute approximate surface area is 165 Å². The number of alkyl halides is 1. The van der Waals surface area contributed by atoms with E-state index < -0.39 is 0 Å². The van der Waals surface area contributed by atoms with E-state index in [4.69, 9.17) is 0 Å². The van der Waals surface area contributed by atoms with Gasteiger partial charge in [0, 0.05) is 0 Å². The summed E-state index contributed by atoms with van der Waals surface area (Å²) >= 11 is 4.04. The van der Waals surface area contributed by atoms with Crippen LogP contribution in [0.2, 0.25) is 0 Å². The number of rotatable bonds is 17. The van der Waals surface area contributed by atoms with E-state index in [-0.39, 0.29) is 0 Å². The van der Waals surface area contributed by atoms with Crippen molar-refractivity contribution in [3.8, 4) is 0 Å². The summed E-state index contributed by atoms with van der Waals surface area (Å²) in [6.07, 6.45) is 22.9. The van der Waals surface area contributed by atoms with E-state index in [9.17, 15) is 0 Å². The van der Waals surface area contributed by atoms with Gasteiger partial charge in [-0.3, -0.25) is 0 Å². The van der Waals surface area contributed by atoms with Gasteiger partial charge in [-0.2, -0.15) is 0 Å². The van der Waals surface area contributed by atoms with Gasteiger partial charge in [0.15, 0.2) is 0 Å². The summed E-state index contributed by atoms with van der Waals surface area (Å²) in [6, 6.07) is 0. The molecule has 1 aromatic heterocycles. The maximum atomic E-state index is 4.67. The summed E-state index contributed by atoms with van der Waals surface area (Å²) in [4.78, 5) is 6.99. The molecule has 0 fully saturated rings. The zero-order chi connectivity index (χ0) is 17.3. The fraction of sp³-hybridized carbons (Fsp3) is 0.857. The van der Waals surface area contributed by atoms with Crippen molar-refractivity contribution < 1.29 is 0 Å². The summed E-state index contributed by atoms with van der Waals surface area (Å²) in [7, 11) is 0. The Morgan fingerprint density at radius 3 is 1.62 bits per heavy atom. The van der Waals surface area contributed by atoms with Crippen molar-refractivity contribution in [1.82, 2.24) is 4.98 Å². The third kappa shape index (κ3) is 12.7. The molecule has 0 spiro atoms. The van der Waals surface area contributed by atoms with Crippen LogP contribution in [-0.2, 0) is 11.8 Å². The van der Waals surface area contributed by atoms with Gasteiger partial charge in [-0.15, -0.1) is 0 Å². The molecule has 3 heteroatoms. The molecule has 0 saturated heterocycles. The number of halogens is 1. The number of unbranched alkanes of at least 4 members (excludes halogenated alkanes) is 14. The Morgan fingerprint density at radius 2 is 1.21 bits per heavy atom. The van der Waals surface area contributed by atoms with Crippen molar-refractivity contribution in [3.05, 3.63) is 15.2 Å². The molecule has 1 heterocycles. The average molecular weight is 463 g/mol. The molecule has 0 unspecified atom stereocenters. The second kappa shape index (κ2) is 16.9. The first-order valence-corrected chi connectivity index (χ1v) is 13.3. The van der Waals surface area contributed by atoms with E-state index >= 15 is 0 Å². The SMILES string of the molecule is CCCCCCCCCCCCCCCCCc1nc(CBr)c[se]1. The first-order valence-electron chi connectivity index (χ1n) is 10.4. The summed E-state index contributed by atoms with van der Waals surface area (Å²) in [5.41, 5.74) is 1.26. The van der Waals surface area contributed by atoms with E-state index in [0.717, 1.165) is 5.33 Å². The molecule has 0 aliphatic rings. The normalized spacial score (nSPS) is 11.2. The van der Waals surface area contributed by atoms with Crippen LogP contribution in [0.15, 0.2) is 4.94 Å². The van der Waals surface area contributed by atoms with E-state index in [1.165, 1.54) is 113 Å². The monoisotopic (exact) mass is 463 g/mol. The Morgan fingerprint density at radius 1 is 0.750 bits per heavy atom. The summed E-state index contributed by atoms with van der Waals surface area (Å²) in [6.45, 7) is 2.29. The zero-order valence-corrected chi connectivity index (χ0v) is 19.1. The molecule has 0 radical (unpaired) electrons. The number of hydrogen-bond acceptors (Lipinski definition) is 1. The molecule has 0 atom stereocenters. The number of nitrogens with zero attached hydrogens (tertiary/aromatic N) is 1. The zero-order valence-electron chi connectivity index (χ0n) is 15.8. The summed E-state index contributed by atoms with van der Waals surface area (Å²) < 4.78 is 1.46. The minimum absolute atomic E-state index is 0.555. The fourth-order valence-electron chi connectivity index (χ4n) is 3.17. The van der Waals surface area contributed by atoms with Crippen LogP contribution in [0.1, 0.15) is 113 Å². The Kier molecular flexibility index (Phi) is 15.8. The maximum absolute atomic E-state index is 4.67. The number of aromatic nitrogens is 1. The van der Waals surface area contributed by atoms with Crippen molar-refractivity contribution in [2.24, 2.45) is 0 Å². The summed E-state index contributed by atoms with van der Waals surface area (Å²) in [5, 5.41) is 0.928. The molecule has 140 valence electrons. The first kappa shape index (κ1) is 22.5. The standard InChI is InChI=1S/C21H38BrNSe/c1-2-3-4-5-6-7-8-9-10-11-12-13-14-15-16-17-21-23-20(18-22)19-24-21/h19H,2-18H2,1H3. The van der Waals surface area contributed by atoms with Crippen molar-refractivity contribution in [2.75, 3.05) is 0 Å². The van der Waals surface area contributed by atoms with Gasteiger partial charge in [0.25, 0.3) is 0 Å². The molecule has 1 nitrogen and oxygen atoms in total. The molecule has 0 N–H and O–H groups in total. The van der Waals surface area contributed by atoms with Crippen LogP contribution in [0, 0.1) is 0 Å². The van der Waals surface area contributed by atoms with Crippen molar-refractivity contribution in [1.29, 1.82) is 0 Å². The van der Waals surface area contributed by atoms with Gasteiger partial charge in [0.1, 0.15) is 0 Å². The van der Waals surface area contributed by atoms with Crippen LogP contribution < -0.4 is 0 Å². The van der Waals surface area contributed by atoms with Crippen molar-refractivity contribution >= 4 is 30.4 Å². The van der Waals surface area contributed by atoms with Crippen molar-refractivity contribution in [3.63, 3.8) is 0 Å². The quantitative estimate of drug-likeness (QED) is 0.133. The van der Waals surface area contributed by atoms with Crippen LogP contribution in [-0.4, -0.2) is 19.5 Å². The third-order valence-corrected chi connectivity index (χ3v) is 7.31. The van der Waals surface area contributed by atoms with E-state index in [1.54, 1.807) is 0 Å². The van der Waals surface area contributed by atoms with Gasteiger partial charge in [0.2, 0.25) is 0 Å². The molecule has 0 aliphatic heterocycles. The van der Waals surface area contributed by atoms with Gasteiger partial charge in [-0.25, -0.2) is 0 Å². The first-order chi connectivity index (χ1) is 11.9. The molecule has 24 heavy (non-hydrogen) atoms. The van der Waals surface area contributed by atoms with Crippen LogP contribution in [0.3, 0.4) is 0 Å². The second-order valence-electron chi connectivity index (χ2n) is 7.07. The number of aryl methyl sites for hydroxylation is 1. The van der Waals surface area contributed by atoms with E-state index in [0.29, 0.717) is 14.5 Å². The predicted molar refractivity (Wildman–Crippen MR) is 112 cm³/mol. The molecule has 1 rings (SSSR count). The summed E-state index contributed by atoms with van der Waals surface area (Å²) in [5.74, 6) is 0. The minimum atomic E-state index is 0.555. The Balaban J connectivity index is 1.74. The van der Waals surface area contributed by atoms with Crippen LogP contribution in [0.25, 0.3) is 0 Å². The Bertz CT molecular complexity index is 378. The Hall–Kier alpha value is 0.409. The van der Waals surface area contributed by atoms with Gasteiger partial charge in [-0.05, 0) is 0 Å². The van der Waals surface area contributed by atoms with Gasteiger partial charge in [0.05, 0.1) is 0 Å². The molecule has 0 aromatic carbocycles. The van der Waals surface area contributed by atoms with Gasteiger partial charge in [-0.1, -0.05) is 39.0 Å². The van der Waals surface area contributed by atoms with E-state index in [1.807, 2.05) is 0 Å². The number of hydrogen-bond donors (Lipinski definition) is 0. The fourth-order valence-corrected chi connectivity index (χ4v) is 5.71. The molecular weight excluding hydrogens is 425 g/mol. The average Bonchev–Trinajstić information content (AvgIpc) is 3.06. The molecule has 1 aromatic rings. The topological polar surface area (TPSA) is 12.9 Å². The molecule has 0 amide bonds. The van der Waals surface area contributed by atoms with Crippen molar-refractivity contribution in [2.45, 2.75) is 115 Å². The van der Waals surface area contributed by atoms with Gasteiger partial charge >= 0.3 is 127 Å². The molecule has 0 saturated carbocycles. The molecule has 0 bridgehead atoms. The molecule has 0 aliphatic carbocycles. The second-order valence-corrected chi connectivity index (χ2v) is 9.60. The third-order valence-electron chi connectivity index (χ3n) is 4.73. The van der Waals surface area contributed by atoms with Gasteiger partial charge < -0.3 is 0 Å².